The molecular formula is C33H39F5N6O3S. The van der Waals surface area contributed by atoms with E-state index >= 15 is 4.39 Å². The summed E-state index contributed by atoms with van der Waals surface area (Å²) in [6, 6.07) is 2.15. The van der Waals surface area contributed by atoms with E-state index in [2.05, 4.69) is 15.2 Å². The first kappa shape index (κ1) is 34.4. The molecule has 3 aliphatic rings. The normalized spacial score (nSPS) is 22.3. The molecule has 3 aliphatic heterocycles. The van der Waals surface area contributed by atoms with Gasteiger partial charge in [-0.3, -0.25) is 9.47 Å². The second-order valence-corrected chi connectivity index (χ2v) is 14.8. The van der Waals surface area contributed by atoms with Crippen LogP contribution in [0.1, 0.15) is 46.2 Å². The third-order valence-electron chi connectivity index (χ3n) is 9.00. The van der Waals surface area contributed by atoms with Gasteiger partial charge < -0.3 is 19.9 Å². The molecular weight excluding hydrogens is 655 g/mol. The number of carbonyl (C=O) groups is 1. The number of thioether (sulfide) groups is 1. The van der Waals surface area contributed by atoms with Crippen LogP contribution in [-0.2, 0) is 10.9 Å². The molecule has 3 atom stereocenters. The Hall–Kier alpha value is -3.43. The topological polar surface area (TPSA) is 82.9 Å². The lowest BCUT2D eigenvalue weighted by Crippen LogP contribution is -2.59. The van der Waals surface area contributed by atoms with Crippen LogP contribution in [0.2, 0.25) is 0 Å². The molecule has 9 nitrogen and oxygen atoms in total. The quantitative estimate of drug-likeness (QED) is 0.346. The monoisotopic (exact) mass is 694 g/mol. The summed E-state index contributed by atoms with van der Waals surface area (Å²) >= 11 is 1.14. The minimum absolute atomic E-state index is 0.0655. The SMILES string of the molecule is C[C@@H]1CN(c2nc(=O)n3c4c(c(-c5ccc(F)cc5F)c(C(F)(F)F)cc24)SC[C@@H]3CN2CCNCC2)[C@@H](C)CN1C(=O)OC(C)(C)C. The highest BCUT2D eigenvalue weighted by Crippen LogP contribution is 2.50. The zero-order valence-electron chi connectivity index (χ0n) is 27.5. The first-order valence-corrected chi connectivity index (χ1v) is 17.0. The minimum Gasteiger partial charge on any atom is -0.444 e. The molecule has 0 bridgehead atoms. The smallest absolute Gasteiger partial charge is 0.417 e. The number of piperazine rings is 2. The van der Waals surface area contributed by atoms with Crippen molar-refractivity contribution in [2.24, 2.45) is 0 Å². The van der Waals surface area contributed by atoms with Gasteiger partial charge in [0.2, 0.25) is 0 Å². The first-order valence-electron chi connectivity index (χ1n) is 16.0. The maximum Gasteiger partial charge on any atom is 0.417 e. The van der Waals surface area contributed by atoms with E-state index in [1.54, 1.807) is 37.5 Å². The van der Waals surface area contributed by atoms with E-state index in [0.29, 0.717) is 12.6 Å². The number of benzene rings is 2. The van der Waals surface area contributed by atoms with Crippen molar-refractivity contribution in [3.8, 4) is 11.1 Å². The Morgan fingerprint density at radius 1 is 1.06 bits per heavy atom. The third kappa shape index (κ3) is 6.60. The molecule has 4 heterocycles. The van der Waals surface area contributed by atoms with Crippen molar-refractivity contribution in [1.29, 1.82) is 0 Å². The number of nitrogens with one attached hydrogen (secondary N) is 1. The van der Waals surface area contributed by atoms with Crippen LogP contribution in [0.15, 0.2) is 34.0 Å². The van der Waals surface area contributed by atoms with E-state index in [9.17, 15) is 27.2 Å². The molecule has 0 radical (unpaired) electrons. The van der Waals surface area contributed by atoms with Crippen LogP contribution in [-0.4, -0.2) is 94.7 Å². The maximum absolute atomic E-state index is 15.3. The maximum atomic E-state index is 15.3. The summed E-state index contributed by atoms with van der Waals surface area (Å²) in [6.45, 7) is 12.8. The molecule has 3 aromatic rings. The molecule has 0 aliphatic carbocycles. The molecule has 2 saturated heterocycles. The summed E-state index contributed by atoms with van der Waals surface area (Å²) < 4.78 is 81.3. The Balaban J connectivity index is 1.56. The zero-order chi connectivity index (χ0) is 34.7. The number of hydrogen-bond acceptors (Lipinski definition) is 8. The van der Waals surface area contributed by atoms with Gasteiger partial charge in [-0.2, -0.15) is 18.2 Å². The number of rotatable bonds is 4. The van der Waals surface area contributed by atoms with Crippen molar-refractivity contribution in [3.63, 3.8) is 0 Å². The minimum atomic E-state index is -4.92. The number of amides is 1. The fourth-order valence-corrected chi connectivity index (χ4v) is 8.14. The van der Waals surface area contributed by atoms with Crippen LogP contribution in [0.25, 0.3) is 22.0 Å². The number of carbonyl (C=O) groups excluding carboxylic acids is 1. The van der Waals surface area contributed by atoms with Crippen LogP contribution < -0.4 is 15.9 Å². The molecule has 0 unspecified atom stereocenters. The molecule has 48 heavy (non-hydrogen) atoms. The van der Waals surface area contributed by atoms with Gasteiger partial charge in [0.05, 0.1) is 17.1 Å². The molecule has 1 aromatic heterocycles. The van der Waals surface area contributed by atoms with Crippen molar-refractivity contribution < 1.29 is 31.5 Å². The lowest BCUT2D eigenvalue weighted by molar-refractivity contribution is -0.137. The van der Waals surface area contributed by atoms with Gasteiger partial charge in [0.15, 0.2) is 0 Å². The van der Waals surface area contributed by atoms with Crippen LogP contribution in [0.5, 0.6) is 0 Å². The van der Waals surface area contributed by atoms with E-state index in [4.69, 9.17) is 4.74 Å². The van der Waals surface area contributed by atoms with E-state index in [-0.39, 0.29) is 40.5 Å². The van der Waals surface area contributed by atoms with Crippen molar-refractivity contribution in [2.75, 3.05) is 56.5 Å². The molecule has 260 valence electrons. The molecule has 1 amide bonds. The van der Waals surface area contributed by atoms with Gasteiger partial charge in [-0.25, -0.2) is 18.4 Å². The predicted molar refractivity (Wildman–Crippen MR) is 175 cm³/mol. The van der Waals surface area contributed by atoms with E-state index in [0.717, 1.165) is 56.1 Å². The van der Waals surface area contributed by atoms with Gasteiger partial charge in [0.1, 0.15) is 23.1 Å². The summed E-state index contributed by atoms with van der Waals surface area (Å²) in [5.41, 5.74) is -3.05. The van der Waals surface area contributed by atoms with Gasteiger partial charge in [-0.15, -0.1) is 11.8 Å². The Morgan fingerprint density at radius 3 is 2.42 bits per heavy atom. The second kappa shape index (κ2) is 12.8. The highest BCUT2D eigenvalue weighted by Gasteiger charge is 2.42. The Morgan fingerprint density at radius 2 is 1.77 bits per heavy atom. The van der Waals surface area contributed by atoms with Crippen LogP contribution in [0, 0.1) is 11.6 Å². The van der Waals surface area contributed by atoms with Crippen molar-refractivity contribution >= 4 is 34.6 Å². The Bertz CT molecular complexity index is 1790. The van der Waals surface area contributed by atoms with E-state index in [1.165, 1.54) is 4.57 Å². The number of halogens is 5. The summed E-state index contributed by atoms with van der Waals surface area (Å²) in [5, 5.41) is 3.39. The number of ether oxygens (including phenoxy) is 1. The van der Waals surface area contributed by atoms with Gasteiger partial charge in [0, 0.05) is 91.1 Å². The van der Waals surface area contributed by atoms with Crippen molar-refractivity contribution in [2.45, 2.75) is 69.4 Å². The molecule has 6 rings (SSSR count). The van der Waals surface area contributed by atoms with E-state index in [1.807, 2.05) is 6.92 Å². The summed E-state index contributed by atoms with van der Waals surface area (Å²) in [5.74, 6) is -1.73. The third-order valence-corrected chi connectivity index (χ3v) is 10.2. The largest absolute Gasteiger partial charge is 0.444 e. The predicted octanol–water partition coefficient (Wildman–Crippen LogP) is 5.75. The average molecular weight is 695 g/mol. The molecule has 0 spiro atoms. The molecule has 2 fully saturated rings. The number of hydrogen-bond donors (Lipinski definition) is 1. The lowest BCUT2D eigenvalue weighted by Gasteiger charge is -2.45. The Labute approximate surface area is 279 Å². The fourth-order valence-electron chi connectivity index (χ4n) is 6.82. The van der Waals surface area contributed by atoms with Crippen LogP contribution >= 0.6 is 11.8 Å². The number of aromatic nitrogens is 2. The average Bonchev–Trinajstić information content (AvgIpc) is 2.99. The van der Waals surface area contributed by atoms with Crippen LogP contribution in [0.3, 0.4) is 0 Å². The zero-order valence-corrected chi connectivity index (χ0v) is 28.3. The highest BCUT2D eigenvalue weighted by atomic mass is 32.2. The van der Waals surface area contributed by atoms with Gasteiger partial charge in [-0.05, 0) is 52.8 Å². The molecule has 2 aromatic carbocycles. The Kier molecular flexibility index (Phi) is 9.18. The fraction of sp³-hybridized carbons (Fsp3) is 0.545. The van der Waals surface area contributed by atoms with E-state index < -0.39 is 70.0 Å². The first-order chi connectivity index (χ1) is 22.5. The standard InChI is InChI=1S/C33H39F5N6O3S/c1-18-15-43(31(46)47-32(3,4)5)19(2)14-42(18)29-23-13-24(33(36,37)38)26(22-7-6-20(34)12-25(22)35)28-27(23)44(30(45)40-29)21(17-48-28)16-41-10-8-39-9-11-41/h6-7,12-13,18-19,21,39H,8-11,14-17H2,1-5H3/t18-,19+,21-/m0/s1. The summed E-state index contributed by atoms with van der Waals surface area (Å²) in [7, 11) is 0. The number of anilines is 1. The number of nitrogens with zero attached hydrogens (tertiary/aromatic N) is 5. The van der Waals surface area contributed by atoms with Gasteiger partial charge in [0.25, 0.3) is 0 Å². The summed E-state index contributed by atoms with van der Waals surface area (Å²) in [6.07, 6.45) is -5.44. The second-order valence-electron chi connectivity index (χ2n) is 13.7. The van der Waals surface area contributed by atoms with Crippen molar-refractivity contribution in [3.05, 3.63) is 51.9 Å². The highest BCUT2D eigenvalue weighted by molar-refractivity contribution is 7.99. The van der Waals surface area contributed by atoms with Crippen LogP contribution in [0.4, 0.5) is 32.6 Å². The van der Waals surface area contributed by atoms with Gasteiger partial charge in [-0.1, -0.05) is 0 Å². The van der Waals surface area contributed by atoms with Gasteiger partial charge >= 0.3 is 18.0 Å². The van der Waals surface area contributed by atoms with Crippen molar-refractivity contribution in [1.82, 2.24) is 24.7 Å². The number of alkyl halides is 3. The molecule has 1 N–H and O–H groups in total. The summed E-state index contributed by atoms with van der Waals surface area (Å²) in [4.78, 5) is 37.2. The molecule has 15 heteroatoms. The lowest BCUT2D eigenvalue weighted by atomic mass is 9.95. The molecule has 0 saturated carbocycles.